The van der Waals surface area contributed by atoms with Gasteiger partial charge in [0.1, 0.15) is 0 Å². The van der Waals surface area contributed by atoms with Crippen molar-refractivity contribution in [2.24, 2.45) is 0 Å². The zero-order chi connectivity index (χ0) is 23.0. The van der Waals surface area contributed by atoms with Crippen LogP contribution in [0, 0.1) is 41.5 Å². The van der Waals surface area contributed by atoms with Gasteiger partial charge in [0, 0.05) is 14.2 Å². The number of hydrogen-bond acceptors (Lipinski definition) is 4. The zero-order valence-corrected chi connectivity index (χ0v) is 22.6. The summed E-state index contributed by atoms with van der Waals surface area (Å²) in [5.41, 5.74) is 5.70. The van der Waals surface area contributed by atoms with Crippen molar-refractivity contribution in [1.29, 1.82) is 0 Å². The van der Waals surface area contributed by atoms with Crippen molar-refractivity contribution in [3.05, 3.63) is 57.6 Å². The van der Waals surface area contributed by atoms with Gasteiger partial charge in [-0.3, -0.25) is 0 Å². The van der Waals surface area contributed by atoms with E-state index < -0.39 is 20.8 Å². The third-order valence-corrected chi connectivity index (χ3v) is 3.70. The Morgan fingerprint density at radius 2 is 0.862 bits per heavy atom. The number of rotatable bonds is 3. The van der Waals surface area contributed by atoms with E-state index in [9.17, 15) is 10.2 Å². The van der Waals surface area contributed by atoms with E-state index >= 15 is 0 Å². The van der Waals surface area contributed by atoms with Gasteiger partial charge in [0.25, 0.3) is 0 Å². The Bertz CT molecular complexity index is 604. The van der Waals surface area contributed by atoms with E-state index in [0.29, 0.717) is 13.2 Å². The van der Waals surface area contributed by atoms with Crippen LogP contribution in [0.2, 0.25) is 0 Å². The molecule has 29 heavy (non-hydrogen) atoms. The van der Waals surface area contributed by atoms with E-state index in [0.717, 1.165) is 33.4 Å². The molecule has 0 bridgehead atoms. The van der Waals surface area contributed by atoms with E-state index in [-0.39, 0.29) is 11.5 Å². The molecule has 0 aromatic heterocycles. The monoisotopic (exact) mass is 520 g/mol. The van der Waals surface area contributed by atoms with Crippen molar-refractivity contribution in [3.63, 3.8) is 0 Å². The maximum absolute atomic E-state index is 11.1. The summed E-state index contributed by atoms with van der Waals surface area (Å²) in [5, 5.41) is 22.2. The summed E-state index contributed by atoms with van der Waals surface area (Å²) in [5.74, 6) is 0.344. The van der Waals surface area contributed by atoms with Gasteiger partial charge in [-0.05, 0) is 41.5 Å². The van der Waals surface area contributed by atoms with Crippen LogP contribution in [0.1, 0.15) is 33.4 Å². The number of halogens is 2. The van der Waals surface area contributed by atoms with Crippen LogP contribution < -0.4 is 10.2 Å². The second kappa shape index (κ2) is 18.2. The third-order valence-electron chi connectivity index (χ3n) is 3.70. The van der Waals surface area contributed by atoms with Crippen molar-refractivity contribution in [1.82, 2.24) is 0 Å². The molecule has 0 saturated carbocycles. The van der Waals surface area contributed by atoms with Crippen molar-refractivity contribution >= 4 is 17.0 Å². The van der Waals surface area contributed by atoms with Gasteiger partial charge in [-0.2, -0.15) is 0 Å². The molecule has 0 spiro atoms. The first kappa shape index (κ1) is 30.6. The van der Waals surface area contributed by atoms with Crippen molar-refractivity contribution in [3.8, 4) is 11.5 Å². The molecule has 0 amide bonds. The average molecular weight is 523 g/mol. The van der Waals surface area contributed by atoms with Crippen LogP contribution in [0.3, 0.4) is 0 Å². The van der Waals surface area contributed by atoms with Crippen LogP contribution in [0.15, 0.2) is 24.3 Å². The summed E-state index contributed by atoms with van der Waals surface area (Å²) < 4.78 is 9.31. The molecule has 0 aliphatic rings. The summed E-state index contributed by atoms with van der Waals surface area (Å²) in [6.07, 6.45) is 0. The molecular weight excluding hydrogens is 490 g/mol. The van der Waals surface area contributed by atoms with E-state index in [1.54, 1.807) is 14.2 Å². The summed E-state index contributed by atoms with van der Waals surface area (Å²) >= 11 is -0.826. The van der Waals surface area contributed by atoms with Crippen LogP contribution in [-0.2, 0) is 30.3 Å². The third kappa shape index (κ3) is 15.0. The molecule has 0 atom stereocenters. The molecular formula is C22H32Cl2O4Zr. The summed E-state index contributed by atoms with van der Waals surface area (Å²) in [7, 11) is 13.2. The quantitative estimate of drug-likeness (QED) is 0.531. The fourth-order valence-electron chi connectivity index (χ4n) is 2.50. The number of ether oxygens (including phenoxy) is 2. The fraction of sp³-hybridized carbons (Fsp3) is 0.455. The summed E-state index contributed by atoms with van der Waals surface area (Å²) in [6.45, 7) is 12.8. The minimum atomic E-state index is -0.826. The molecule has 0 aliphatic heterocycles. The fourth-order valence-corrected chi connectivity index (χ4v) is 2.50. The molecule has 0 saturated heterocycles. The van der Waals surface area contributed by atoms with Crippen LogP contribution >= 0.6 is 17.0 Å². The predicted molar refractivity (Wildman–Crippen MR) is 116 cm³/mol. The molecule has 0 unspecified atom stereocenters. The van der Waals surface area contributed by atoms with Gasteiger partial charge in [0.2, 0.25) is 0 Å². The molecule has 162 valence electrons. The summed E-state index contributed by atoms with van der Waals surface area (Å²) in [6, 6.07) is 7.65. The van der Waals surface area contributed by atoms with Crippen LogP contribution in [0.25, 0.3) is 0 Å². The molecule has 4 nitrogen and oxygen atoms in total. The van der Waals surface area contributed by atoms with Crippen molar-refractivity contribution in [2.45, 2.75) is 41.5 Å². The number of methoxy groups -OCH3 is 2. The van der Waals surface area contributed by atoms with Gasteiger partial charge in [-0.25, -0.2) is 0 Å². The first-order valence-electron chi connectivity index (χ1n) is 8.99. The molecule has 2 rings (SSSR count). The predicted octanol–water partition coefficient (Wildman–Crippen LogP) is 5.03. The second-order valence-electron chi connectivity index (χ2n) is 6.51. The topological polar surface area (TPSA) is 64.6 Å². The Balaban J connectivity index is 0. The Hall–Kier alpha value is -0.577. The van der Waals surface area contributed by atoms with Crippen molar-refractivity contribution in [2.75, 3.05) is 27.4 Å². The normalized spacial score (nSPS) is 9.03. The minimum absolute atomic E-state index is 0.172. The molecule has 0 heterocycles. The van der Waals surface area contributed by atoms with Crippen LogP contribution in [0.4, 0.5) is 0 Å². The van der Waals surface area contributed by atoms with Gasteiger partial charge in [-0.15, -0.1) is 11.5 Å². The van der Waals surface area contributed by atoms with Crippen LogP contribution in [-0.4, -0.2) is 27.4 Å². The van der Waals surface area contributed by atoms with Gasteiger partial charge in [0.05, 0.1) is 13.2 Å². The molecule has 0 N–H and O–H groups in total. The molecule has 2 aromatic carbocycles. The first-order valence-corrected chi connectivity index (χ1v) is 15.3. The molecule has 0 aliphatic carbocycles. The second-order valence-corrected chi connectivity index (χ2v) is 10.2. The Kier molecular flexibility index (Phi) is 19.2. The maximum atomic E-state index is 11.1. The SMILES string of the molecule is COCCOC.Cc1cc(C)c([O-])c(C)c1.Cc1cc(C)c([O-])c(C)c1.[Cl][Zr+2][Cl]. The molecule has 7 heteroatoms. The molecule has 0 radical (unpaired) electrons. The standard InChI is InChI=1S/2C9H12O.C4H10O2.2ClH.Zr/c2*1-6-4-7(2)9(10)8(3)5-6;1-5-3-4-6-2;;;/h2*4-5,10H,1-3H3;3-4H2,1-2H3;2*1H;/q;;;;;+4/p-4. The van der Waals surface area contributed by atoms with Gasteiger partial charge in [-0.1, -0.05) is 57.6 Å². The first-order chi connectivity index (χ1) is 13.5. The Morgan fingerprint density at radius 1 is 0.655 bits per heavy atom. The van der Waals surface area contributed by atoms with E-state index in [4.69, 9.17) is 17.0 Å². The Labute approximate surface area is 194 Å². The average Bonchev–Trinajstić information content (AvgIpc) is 2.64. The van der Waals surface area contributed by atoms with Gasteiger partial charge in [0.15, 0.2) is 0 Å². The van der Waals surface area contributed by atoms with E-state index in [1.807, 2.05) is 65.8 Å². The Morgan fingerprint density at radius 3 is 1.03 bits per heavy atom. The zero-order valence-electron chi connectivity index (χ0n) is 18.6. The van der Waals surface area contributed by atoms with Gasteiger partial charge >= 0.3 is 37.9 Å². The van der Waals surface area contributed by atoms with E-state index in [1.165, 1.54) is 0 Å². The number of aryl methyl sites for hydroxylation is 6. The molecule has 2 aromatic rings. The summed E-state index contributed by atoms with van der Waals surface area (Å²) in [4.78, 5) is 0. The molecule has 0 fully saturated rings. The van der Waals surface area contributed by atoms with E-state index in [2.05, 4.69) is 9.47 Å². The van der Waals surface area contributed by atoms with Crippen LogP contribution in [0.5, 0.6) is 11.5 Å². The number of hydrogen-bond donors (Lipinski definition) is 0. The number of benzene rings is 2. The van der Waals surface area contributed by atoms with Crippen molar-refractivity contribution < 1.29 is 40.5 Å². The van der Waals surface area contributed by atoms with Gasteiger partial charge < -0.3 is 19.7 Å².